The lowest BCUT2D eigenvalue weighted by molar-refractivity contribution is -0.130. The zero-order chi connectivity index (χ0) is 18.9. The van der Waals surface area contributed by atoms with Crippen LogP contribution in [0.2, 0.25) is 0 Å². The molecule has 0 bridgehead atoms. The molecule has 1 saturated heterocycles. The molecule has 1 atom stereocenters. The molecule has 2 aliphatic rings. The van der Waals surface area contributed by atoms with Crippen LogP contribution in [0.4, 0.5) is 5.69 Å². The maximum absolute atomic E-state index is 12.6. The van der Waals surface area contributed by atoms with Gasteiger partial charge in [-0.05, 0) is 55.5 Å². The van der Waals surface area contributed by atoms with Crippen LogP contribution < -0.4 is 4.90 Å². The zero-order valence-corrected chi connectivity index (χ0v) is 16.1. The number of morpholine rings is 1. The first-order valence-corrected chi connectivity index (χ1v) is 9.20. The molecule has 0 saturated carbocycles. The summed E-state index contributed by atoms with van der Waals surface area (Å²) in [7, 11) is 2.13. The molecule has 2 heterocycles. The molecule has 138 valence electrons. The topological polar surface area (TPSA) is 56.6 Å². The molecular formula is C21H27N3O2. The Balaban J connectivity index is 1.90. The predicted molar refractivity (Wildman–Crippen MR) is 103 cm³/mol. The number of nitriles is 1. The summed E-state index contributed by atoms with van der Waals surface area (Å²) in [5.41, 5.74) is 3.71. The molecule has 2 aliphatic heterocycles. The number of carbonyl (C=O) groups is 1. The second kappa shape index (κ2) is 7.13. The molecule has 1 amide bonds. The number of benzene rings is 1. The molecule has 5 nitrogen and oxygen atoms in total. The molecule has 0 N–H and O–H groups in total. The molecule has 1 aromatic rings. The zero-order valence-electron chi connectivity index (χ0n) is 16.1. The number of hydrogen-bond acceptors (Lipinski definition) is 4. The van der Waals surface area contributed by atoms with Gasteiger partial charge in [-0.25, -0.2) is 0 Å². The second-order valence-corrected chi connectivity index (χ2v) is 7.87. The number of rotatable bonds is 2. The largest absolute Gasteiger partial charge is 0.378 e. The Bertz CT molecular complexity index is 770. The van der Waals surface area contributed by atoms with Crippen molar-refractivity contribution in [3.8, 4) is 6.07 Å². The van der Waals surface area contributed by atoms with Gasteiger partial charge >= 0.3 is 0 Å². The molecule has 1 fully saturated rings. The van der Waals surface area contributed by atoms with Crippen LogP contribution in [0.25, 0.3) is 6.08 Å². The van der Waals surface area contributed by atoms with Gasteiger partial charge in [-0.15, -0.1) is 0 Å². The summed E-state index contributed by atoms with van der Waals surface area (Å²) >= 11 is 0. The number of ether oxygens (including phenoxy) is 1. The summed E-state index contributed by atoms with van der Waals surface area (Å²) in [6.45, 7) is 8.90. The Morgan fingerprint density at radius 1 is 1.35 bits per heavy atom. The fraction of sp³-hybridized carbons (Fsp3) is 0.524. The Hall–Kier alpha value is -2.32. The van der Waals surface area contributed by atoms with E-state index in [0.29, 0.717) is 32.2 Å². The Labute approximate surface area is 155 Å². The van der Waals surface area contributed by atoms with Gasteiger partial charge in [0.2, 0.25) is 0 Å². The molecule has 0 spiro atoms. The quantitative estimate of drug-likeness (QED) is 0.605. The van der Waals surface area contributed by atoms with E-state index < -0.39 is 0 Å². The van der Waals surface area contributed by atoms with Crippen LogP contribution in [-0.2, 0) is 9.53 Å². The highest BCUT2D eigenvalue weighted by Crippen LogP contribution is 2.42. The second-order valence-electron chi connectivity index (χ2n) is 7.87. The van der Waals surface area contributed by atoms with E-state index in [9.17, 15) is 10.1 Å². The van der Waals surface area contributed by atoms with Crippen molar-refractivity contribution in [1.82, 2.24) is 4.90 Å². The number of anilines is 1. The molecular weight excluding hydrogens is 326 g/mol. The van der Waals surface area contributed by atoms with Crippen LogP contribution in [0.15, 0.2) is 23.8 Å². The maximum Gasteiger partial charge on any atom is 0.264 e. The van der Waals surface area contributed by atoms with E-state index in [1.165, 1.54) is 11.3 Å². The van der Waals surface area contributed by atoms with Crippen LogP contribution >= 0.6 is 0 Å². The summed E-state index contributed by atoms with van der Waals surface area (Å²) in [6.07, 6.45) is 2.78. The summed E-state index contributed by atoms with van der Waals surface area (Å²) in [4.78, 5) is 16.6. The van der Waals surface area contributed by atoms with Crippen molar-refractivity contribution < 1.29 is 9.53 Å². The van der Waals surface area contributed by atoms with Gasteiger partial charge in [-0.3, -0.25) is 4.79 Å². The minimum absolute atomic E-state index is 0.119. The lowest BCUT2D eigenvalue weighted by Gasteiger charge is -2.45. The summed E-state index contributed by atoms with van der Waals surface area (Å²) < 4.78 is 5.28. The van der Waals surface area contributed by atoms with Crippen molar-refractivity contribution in [1.29, 1.82) is 5.26 Å². The van der Waals surface area contributed by atoms with Gasteiger partial charge in [0.25, 0.3) is 5.91 Å². The van der Waals surface area contributed by atoms with Gasteiger partial charge in [-0.1, -0.05) is 13.0 Å². The fourth-order valence-corrected chi connectivity index (χ4v) is 3.93. The molecule has 0 aromatic heterocycles. The normalized spacial score (nSPS) is 22.6. The molecule has 0 aliphatic carbocycles. The van der Waals surface area contributed by atoms with Crippen LogP contribution in [0.1, 0.15) is 44.2 Å². The van der Waals surface area contributed by atoms with E-state index in [-0.39, 0.29) is 17.0 Å². The number of nitrogens with zero attached hydrogens (tertiary/aromatic N) is 3. The predicted octanol–water partition coefficient (Wildman–Crippen LogP) is 3.17. The average Bonchev–Trinajstić information content (AvgIpc) is 2.64. The molecule has 5 heteroatoms. The van der Waals surface area contributed by atoms with Gasteiger partial charge in [0, 0.05) is 31.4 Å². The number of fused-ring (bicyclic) bond motifs is 1. The van der Waals surface area contributed by atoms with E-state index in [2.05, 4.69) is 50.9 Å². The van der Waals surface area contributed by atoms with Crippen molar-refractivity contribution in [2.45, 2.75) is 38.6 Å². The van der Waals surface area contributed by atoms with E-state index in [1.807, 2.05) is 6.07 Å². The molecule has 1 unspecified atom stereocenters. The number of hydrogen-bond donors (Lipinski definition) is 0. The van der Waals surface area contributed by atoms with E-state index in [4.69, 9.17) is 4.74 Å². The van der Waals surface area contributed by atoms with Gasteiger partial charge in [0.15, 0.2) is 0 Å². The lowest BCUT2D eigenvalue weighted by atomic mass is 9.80. The fourth-order valence-electron chi connectivity index (χ4n) is 3.93. The van der Waals surface area contributed by atoms with Crippen molar-refractivity contribution in [3.05, 3.63) is 34.9 Å². The maximum atomic E-state index is 12.6. The lowest BCUT2D eigenvalue weighted by Crippen LogP contribution is -2.45. The van der Waals surface area contributed by atoms with E-state index in [1.54, 1.807) is 11.0 Å². The first-order chi connectivity index (χ1) is 12.3. The molecule has 3 rings (SSSR count). The van der Waals surface area contributed by atoms with E-state index in [0.717, 1.165) is 12.0 Å². The van der Waals surface area contributed by atoms with Gasteiger partial charge in [0.1, 0.15) is 11.6 Å². The first-order valence-electron chi connectivity index (χ1n) is 9.20. The minimum Gasteiger partial charge on any atom is -0.378 e. The Morgan fingerprint density at radius 3 is 2.69 bits per heavy atom. The third-order valence-corrected chi connectivity index (χ3v) is 5.62. The number of carbonyl (C=O) groups excluding carboxylic acids is 1. The highest BCUT2D eigenvalue weighted by molar-refractivity contribution is 6.01. The Morgan fingerprint density at radius 2 is 2.04 bits per heavy atom. The van der Waals surface area contributed by atoms with Gasteiger partial charge in [0.05, 0.1) is 13.2 Å². The third kappa shape index (κ3) is 3.47. The van der Waals surface area contributed by atoms with E-state index >= 15 is 0 Å². The van der Waals surface area contributed by atoms with Crippen molar-refractivity contribution in [2.75, 3.05) is 38.3 Å². The summed E-state index contributed by atoms with van der Waals surface area (Å²) in [6, 6.07) is 8.30. The Kier molecular flexibility index (Phi) is 5.06. The van der Waals surface area contributed by atoms with Crippen LogP contribution in [-0.4, -0.2) is 49.7 Å². The number of amides is 1. The van der Waals surface area contributed by atoms with Crippen molar-refractivity contribution >= 4 is 17.7 Å². The SMILES string of the molecule is CC1CC(C)(C)N(C)c2ccc(/C=C(/C#N)C(=O)N3CCOCC3)cc21. The monoisotopic (exact) mass is 353 g/mol. The van der Waals surface area contributed by atoms with Crippen molar-refractivity contribution in [2.24, 2.45) is 0 Å². The molecule has 26 heavy (non-hydrogen) atoms. The summed E-state index contributed by atoms with van der Waals surface area (Å²) in [5, 5.41) is 9.48. The average molecular weight is 353 g/mol. The van der Waals surface area contributed by atoms with Crippen LogP contribution in [0.3, 0.4) is 0 Å². The smallest absolute Gasteiger partial charge is 0.264 e. The third-order valence-electron chi connectivity index (χ3n) is 5.62. The van der Waals surface area contributed by atoms with Crippen LogP contribution in [0, 0.1) is 11.3 Å². The minimum atomic E-state index is -0.208. The van der Waals surface area contributed by atoms with Crippen LogP contribution in [0.5, 0.6) is 0 Å². The highest BCUT2D eigenvalue weighted by Gasteiger charge is 2.34. The molecule has 1 aromatic carbocycles. The van der Waals surface area contributed by atoms with Gasteiger partial charge < -0.3 is 14.5 Å². The first kappa shape index (κ1) is 18.5. The van der Waals surface area contributed by atoms with Gasteiger partial charge in [-0.2, -0.15) is 5.26 Å². The summed E-state index contributed by atoms with van der Waals surface area (Å²) in [5.74, 6) is 0.227. The highest BCUT2D eigenvalue weighted by atomic mass is 16.5. The standard InChI is InChI=1S/C21H27N3O2/c1-15-13-21(2,3)23(4)19-6-5-16(12-18(15)19)11-17(14-22)20(25)24-7-9-26-10-8-24/h5-6,11-12,15H,7-10,13H2,1-4H3/b17-11-. The van der Waals surface area contributed by atoms with Crippen molar-refractivity contribution in [3.63, 3.8) is 0 Å². The molecule has 0 radical (unpaired) electrons.